The second kappa shape index (κ2) is 6.33. The molecule has 126 valence electrons. The van der Waals surface area contributed by atoms with Crippen molar-refractivity contribution < 1.29 is 4.79 Å². The lowest BCUT2D eigenvalue weighted by atomic mass is 10.1. The fraction of sp³-hybridized carbons (Fsp3) is 0.211. The maximum Gasteiger partial charge on any atom is 0.242 e. The molecule has 1 aliphatic carbocycles. The minimum absolute atomic E-state index is 0.00888. The van der Waals surface area contributed by atoms with E-state index in [4.69, 9.17) is 11.6 Å². The molecule has 0 fully saturated rings. The van der Waals surface area contributed by atoms with Crippen LogP contribution >= 0.6 is 11.6 Å². The Hall–Kier alpha value is -2.66. The Labute approximate surface area is 149 Å². The third kappa shape index (κ3) is 3.03. The summed E-state index contributed by atoms with van der Waals surface area (Å²) in [4.78, 5) is 24.4. The number of benzene rings is 2. The molecular weight excluding hydrogens is 338 g/mol. The zero-order valence-electron chi connectivity index (χ0n) is 13.4. The van der Waals surface area contributed by atoms with Gasteiger partial charge in [-0.2, -0.15) is 5.10 Å². The van der Waals surface area contributed by atoms with Crippen LogP contribution in [-0.4, -0.2) is 15.7 Å². The number of hydrogen-bond donors (Lipinski definition) is 1. The molecule has 4 rings (SSSR count). The van der Waals surface area contributed by atoms with Crippen molar-refractivity contribution in [3.05, 3.63) is 75.0 Å². The van der Waals surface area contributed by atoms with Crippen molar-refractivity contribution in [2.24, 2.45) is 0 Å². The van der Waals surface area contributed by atoms with Gasteiger partial charge in [-0.3, -0.25) is 14.3 Å². The van der Waals surface area contributed by atoms with Crippen molar-refractivity contribution in [2.75, 3.05) is 0 Å². The van der Waals surface area contributed by atoms with E-state index in [0.29, 0.717) is 10.9 Å². The van der Waals surface area contributed by atoms with E-state index in [1.807, 2.05) is 24.3 Å². The number of nitrogens with zero attached hydrogens (tertiary/aromatic N) is 2. The molecule has 0 bridgehead atoms. The minimum Gasteiger partial charge on any atom is -0.348 e. The summed E-state index contributed by atoms with van der Waals surface area (Å²) in [7, 11) is 0. The molecule has 1 N–H and O–H groups in total. The Bertz CT molecular complexity index is 1030. The molecular formula is C19H16ClN3O2. The summed E-state index contributed by atoms with van der Waals surface area (Å²) >= 11 is 6.03. The number of rotatable bonds is 3. The Morgan fingerprint density at radius 1 is 1.28 bits per heavy atom. The van der Waals surface area contributed by atoms with Gasteiger partial charge in [0, 0.05) is 10.4 Å². The Morgan fingerprint density at radius 2 is 2.12 bits per heavy atom. The molecule has 0 aliphatic heterocycles. The average molecular weight is 354 g/mol. The summed E-state index contributed by atoms with van der Waals surface area (Å²) in [6.45, 7) is 0.0697. The zero-order chi connectivity index (χ0) is 17.4. The zero-order valence-corrected chi connectivity index (χ0v) is 14.2. The standard InChI is InChI=1S/C19H16ClN3O2/c20-13-6-7-14-12(9-13)5-8-16(14)22-19(25)11-23-17-4-2-1-3-15(17)18(24)10-21-23/h1-4,6-7,9-10,16H,5,8,11H2,(H,22,25). The summed E-state index contributed by atoms with van der Waals surface area (Å²) in [6, 6.07) is 12.9. The van der Waals surface area contributed by atoms with Crippen molar-refractivity contribution in [1.29, 1.82) is 0 Å². The normalized spacial score (nSPS) is 16.0. The van der Waals surface area contributed by atoms with Crippen molar-refractivity contribution in [1.82, 2.24) is 15.1 Å². The highest BCUT2D eigenvalue weighted by molar-refractivity contribution is 6.30. The first-order valence-electron chi connectivity index (χ1n) is 8.14. The Kier molecular flexibility index (Phi) is 4.01. The number of aryl methyl sites for hydroxylation is 1. The van der Waals surface area contributed by atoms with Gasteiger partial charge in [-0.25, -0.2) is 0 Å². The van der Waals surface area contributed by atoms with Gasteiger partial charge < -0.3 is 5.32 Å². The first-order valence-corrected chi connectivity index (χ1v) is 8.52. The lowest BCUT2D eigenvalue weighted by molar-refractivity contribution is -0.122. The predicted molar refractivity (Wildman–Crippen MR) is 96.7 cm³/mol. The van der Waals surface area contributed by atoms with E-state index in [9.17, 15) is 9.59 Å². The molecule has 1 amide bonds. The van der Waals surface area contributed by atoms with E-state index < -0.39 is 0 Å². The van der Waals surface area contributed by atoms with E-state index in [2.05, 4.69) is 10.4 Å². The third-order valence-corrected chi connectivity index (χ3v) is 4.81. The van der Waals surface area contributed by atoms with Crippen LogP contribution in [0.15, 0.2) is 53.5 Å². The van der Waals surface area contributed by atoms with Crippen molar-refractivity contribution in [2.45, 2.75) is 25.4 Å². The maximum absolute atomic E-state index is 12.5. The molecule has 1 atom stereocenters. The fourth-order valence-electron chi connectivity index (χ4n) is 3.40. The number of aromatic nitrogens is 2. The van der Waals surface area contributed by atoms with Gasteiger partial charge in [-0.05, 0) is 48.2 Å². The van der Waals surface area contributed by atoms with Gasteiger partial charge >= 0.3 is 0 Å². The van der Waals surface area contributed by atoms with Gasteiger partial charge in [-0.15, -0.1) is 0 Å². The van der Waals surface area contributed by atoms with Gasteiger partial charge in [0.25, 0.3) is 0 Å². The van der Waals surface area contributed by atoms with Gasteiger partial charge in [0.2, 0.25) is 11.3 Å². The summed E-state index contributed by atoms with van der Waals surface area (Å²) in [5.74, 6) is -0.130. The van der Waals surface area contributed by atoms with Crippen LogP contribution in [0.1, 0.15) is 23.6 Å². The summed E-state index contributed by atoms with van der Waals surface area (Å²) in [5.41, 5.74) is 2.82. The SMILES string of the molecule is O=C(Cn1ncc(=O)c2ccccc21)NC1CCc2cc(Cl)ccc21. The number of carbonyl (C=O) groups excluding carboxylic acids is 1. The molecule has 1 aliphatic rings. The largest absolute Gasteiger partial charge is 0.348 e. The van der Waals surface area contributed by atoms with Crippen LogP contribution in [0.4, 0.5) is 0 Å². The van der Waals surface area contributed by atoms with Gasteiger partial charge in [0.15, 0.2) is 0 Å². The number of fused-ring (bicyclic) bond motifs is 2. The van der Waals surface area contributed by atoms with Crippen LogP contribution in [0.5, 0.6) is 0 Å². The van der Waals surface area contributed by atoms with E-state index in [-0.39, 0.29) is 23.9 Å². The fourth-order valence-corrected chi connectivity index (χ4v) is 3.59. The summed E-state index contributed by atoms with van der Waals surface area (Å²) in [6.07, 6.45) is 3.02. The Balaban J connectivity index is 1.55. The number of carbonyl (C=O) groups is 1. The van der Waals surface area contributed by atoms with Crippen LogP contribution in [0.25, 0.3) is 10.9 Å². The molecule has 0 spiro atoms. The summed E-state index contributed by atoms with van der Waals surface area (Å²) < 4.78 is 1.56. The van der Waals surface area contributed by atoms with Crippen LogP contribution < -0.4 is 10.7 Å². The highest BCUT2D eigenvalue weighted by Crippen LogP contribution is 2.32. The highest BCUT2D eigenvalue weighted by atomic mass is 35.5. The smallest absolute Gasteiger partial charge is 0.242 e. The number of halogens is 1. The highest BCUT2D eigenvalue weighted by Gasteiger charge is 2.24. The molecule has 0 saturated carbocycles. The predicted octanol–water partition coefficient (Wildman–Crippen LogP) is 2.85. The van der Waals surface area contributed by atoms with Gasteiger partial charge in [0.1, 0.15) is 6.54 Å². The number of para-hydroxylation sites is 1. The molecule has 1 heterocycles. The van der Waals surface area contributed by atoms with Crippen LogP contribution in [0, 0.1) is 0 Å². The number of hydrogen-bond acceptors (Lipinski definition) is 3. The minimum atomic E-state index is -0.145. The van der Waals surface area contributed by atoms with Crippen molar-refractivity contribution >= 4 is 28.4 Å². The maximum atomic E-state index is 12.5. The third-order valence-electron chi connectivity index (χ3n) is 4.57. The second-order valence-electron chi connectivity index (χ2n) is 6.19. The first kappa shape index (κ1) is 15.8. The molecule has 5 nitrogen and oxygen atoms in total. The molecule has 1 aromatic heterocycles. The van der Waals surface area contributed by atoms with Crippen LogP contribution in [-0.2, 0) is 17.8 Å². The summed E-state index contributed by atoms with van der Waals surface area (Å²) in [5, 5.41) is 8.44. The lowest BCUT2D eigenvalue weighted by Gasteiger charge is -2.15. The lowest BCUT2D eigenvalue weighted by Crippen LogP contribution is -2.31. The quantitative estimate of drug-likeness (QED) is 0.787. The topological polar surface area (TPSA) is 64.0 Å². The van der Waals surface area contributed by atoms with Crippen LogP contribution in [0.2, 0.25) is 5.02 Å². The Morgan fingerprint density at radius 3 is 3.00 bits per heavy atom. The van der Waals surface area contributed by atoms with E-state index in [1.54, 1.807) is 22.9 Å². The molecule has 2 aromatic carbocycles. The van der Waals surface area contributed by atoms with E-state index >= 15 is 0 Å². The second-order valence-corrected chi connectivity index (χ2v) is 6.62. The average Bonchev–Trinajstić information content (AvgIpc) is 2.99. The molecule has 3 aromatic rings. The van der Waals surface area contributed by atoms with Crippen molar-refractivity contribution in [3.63, 3.8) is 0 Å². The molecule has 0 radical (unpaired) electrons. The number of amides is 1. The van der Waals surface area contributed by atoms with Gasteiger partial charge in [0.05, 0.1) is 17.8 Å². The van der Waals surface area contributed by atoms with Crippen molar-refractivity contribution in [3.8, 4) is 0 Å². The first-order chi connectivity index (χ1) is 12.1. The van der Waals surface area contributed by atoms with Gasteiger partial charge in [-0.1, -0.05) is 29.8 Å². The van der Waals surface area contributed by atoms with E-state index in [0.717, 1.165) is 23.4 Å². The molecule has 25 heavy (non-hydrogen) atoms. The number of nitrogens with one attached hydrogen (secondary N) is 1. The monoisotopic (exact) mass is 353 g/mol. The molecule has 6 heteroatoms. The van der Waals surface area contributed by atoms with Crippen LogP contribution in [0.3, 0.4) is 0 Å². The van der Waals surface area contributed by atoms with E-state index in [1.165, 1.54) is 11.8 Å². The molecule has 0 saturated heterocycles. The molecule has 1 unspecified atom stereocenters.